The molecule has 7 nitrogen and oxygen atoms in total. The molecule has 1 fully saturated rings. The van der Waals surface area contributed by atoms with Crippen molar-refractivity contribution < 1.29 is 14.1 Å². The highest BCUT2D eigenvalue weighted by Gasteiger charge is 2.30. The Morgan fingerprint density at radius 3 is 2.52 bits per heavy atom. The summed E-state index contributed by atoms with van der Waals surface area (Å²) in [5.74, 6) is -0.520. The van der Waals surface area contributed by atoms with Crippen molar-refractivity contribution in [1.29, 1.82) is 0 Å². The molecule has 1 heterocycles. The van der Waals surface area contributed by atoms with Crippen LogP contribution in [-0.4, -0.2) is 30.7 Å². The number of nitro benzene ring substituents is 1. The van der Waals surface area contributed by atoms with Gasteiger partial charge in [-0.2, -0.15) is 0 Å². The molecule has 2 rings (SSSR count). The molecule has 0 radical (unpaired) electrons. The first-order valence-electron chi connectivity index (χ1n) is 6.71. The minimum absolute atomic E-state index is 0.0214. The fraction of sp³-hybridized carbons (Fsp3) is 0.538. The van der Waals surface area contributed by atoms with Gasteiger partial charge in [0.15, 0.2) is 11.6 Å². The highest BCUT2D eigenvalue weighted by atomic mass is 19.1. The molecule has 1 aromatic carbocycles. The maximum absolute atomic E-state index is 13.6. The lowest BCUT2D eigenvalue weighted by Crippen LogP contribution is -2.30. The van der Waals surface area contributed by atoms with Crippen molar-refractivity contribution in [3.8, 4) is 5.75 Å². The second kappa shape index (κ2) is 6.23. The van der Waals surface area contributed by atoms with E-state index >= 15 is 0 Å². The number of nitrogens with zero attached hydrogens (tertiary/aromatic N) is 1. The van der Waals surface area contributed by atoms with Gasteiger partial charge in [-0.3, -0.25) is 21.0 Å². The lowest BCUT2D eigenvalue weighted by Gasteiger charge is -2.19. The van der Waals surface area contributed by atoms with Gasteiger partial charge in [0.1, 0.15) is 5.69 Å². The second-order valence-electron chi connectivity index (χ2n) is 5.17. The molecule has 21 heavy (non-hydrogen) atoms. The Bertz CT molecular complexity index is 530. The molecular formula is C13H19FN4O3. The number of methoxy groups -OCH3 is 1. The first-order valence-corrected chi connectivity index (χ1v) is 6.71. The highest BCUT2D eigenvalue weighted by Crippen LogP contribution is 2.32. The van der Waals surface area contributed by atoms with Gasteiger partial charge in [-0.1, -0.05) is 0 Å². The minimum atomic E-state index is -0.749. The smallest absolute Gasteiger partial charge is 0.295 e. The largest absolute Gasteiger partial charge is 0.494 e. The Kier molecular flexibility index (Phi) is 4.59. The van der Waals surface area contributed by atoms with Crippen LogP contribution in [0, 0.1) is 21.8 Å². The summed E-state index contributed by atoms with van der Waals surface area (Å²) in [5, 5.41) is 14.1. The fourth-order valence-corrected chi connectivity index (χ4v) is 2.48. The number of nitro groups is 1. The van der Waals surface area contributed by atoms with Crippen molar-refractivity contribution in [2.24, 2.45) is 5.92 Å². The topological polar surface area (TPSA) is 88.5 Å². The average Bonchev–Trinajstić information content (AvgIpc) is 2.76. The predicted molar refractivity (Wildman–Crippen MR) is 76.8 cm³/mol. The molecule has 1 aliphatic rings. The number of hydrogen-bond donors (Lipinski definition) is 3. The summed E-state index contributed by atoms with van der Waals surface area (Å²) in [4.78, 5) is 10.4. The standard InChI is InChI=1S/C13H19FN4O3/c1-7-9(8(2)17-16-7)6-15-11-5-13(21-3)10(14)4-12(11)18(19)20/h4-5,7-9,15-17H,6H2,1-3H3. The second-order valence-corrected chi connectivity index (χ2v) is 5.17. The van der Waals surface area contributed by atoms with Crippen molar-refractivity contribution >= 4 is 11.4 Å². The van der Waals surface area contributed by atoms with Crippen LogP contribution in [0.25, 0.3) is 0 Å². The summed E-state index contributed by atoms with van der Waals surface area (Å²) in [5.41, 5.74) is 6.19. The van der Waals surface area contributed by atoms with Gasteiger partial charge in [0.05, 0.1) is 18.1 Å². The van der Waals surface area contributed by atoms with Gasteiger partial charge in [-0.25, -0.2) is 4.39 Å². The summed E-state index contributed by atoms with van der Waals surface area (Å²) in [6.07, 6.45) is 0. The molecule has 0 saturated carbocycles. The first-order chi connectivity index (χ1) is 9.93. The zero-order valence-corrected chi connectivity index (χ0v) is 12.1. The molecule has 0 amide bonds. The van der Waals surface area contributed by atoms with Crippen LogP contribution in [0.4, 0.5) is 15.8 Å². The minimum Gasteiger partial charge on any atom is -0.494 e. The van der Waals surface area contributed by atoms with Crippen LogP contribution in [0.1, 0.15) is 13.8 Å². The number of benzene rings is 1. The van der Waals surface area contributed by atoms with Crippen LogP contribution in [0.2, 0.25) is 0 Å². The van der Waals surface area contributed by atoms with E-state index in [1.165, 1.54) is 13.2 Å². The van der Waals surface area contributed by atoms with Crippen molar-refractivity contribution in [2.45, 2.75) is 25.9 Å². The van der Waals surface area contributed by atoms with Crippen LogP contribution < -0.4 is 20.9 Å². The summed E-state index contributed by atoms with van der Waals surface area (Å²) in [6, 6.07) is 2.65. The van der Waals surface area contributed by atoms with Crippen LogP contribution in [0.5, 0.6) is 5.75 Å². The summed E-state index contributed by atoms with van der Waals surface area (Å²) < 4.78 is 18.5. The number of rotatable bonds is 5. The van der Waals surface area contributed by atoms with Crippen molar-refractivity contribution in [2.75, 3.05) is 19.0 Å². The maximum Gasteiger partial charge on any atom is 0.295 e. The van der Waals surface area contributed by atoms with Gasteiger partial charge in [0, 0.05) is 30.6 Å². The van der Waals surface area contributed by atoms with E-state index < -0.39 is 10.7 Å². The third-order valence-electron chi connectivity index (χ3n) is 3.82. The van der Waals surface area contributed by atoms with E-state index in [0.29, 0.717) is 6.54 Å². The Labute approximate surface area is 122 Å². The Morgan fingerprint density at radius 1 is 1.38 bits per heavy atom. The molecule has 0 bridgehead atoms. The fourth-order valence-electron chi connectivity index (χ4n) is 2.48. The number of hydrogen-bond acceptors (Lipinski definition) is 6. The molecule has 2 atom stereocenters. The maximum atomic E-state index is 13.6. The van der Waals surface area contributed by atoms with Crippen LogP contribution in [0.3, 0.4) is 0 Å². The third-order valence-corrected chi connectivity index (χ3v) is 3.82. The highest BCUT2D eigenvalue weighted by molar-refractivity contribution is 5.64. The van der Waals surface area contributed by atoms with E-state index in [2.05, 4.69) is 16.2 Å². The van der Waals surface area contributed by atoms with E-state index in [4.69, 9.17) is 4.74 Å². The number of halogens is 1. The molecule has 0 aromatic heterocycles. The first kappa shape index (κ1) is 15.5. The molecule has 1 aromatic rings. The molecule has 1 aliphatic heterocycles. The van der Waals surface area contributed by atoms with Crippen molar-refractivity contribution in [3.05, 3.63) is 28.1 Å². The number of ether oxygens (including phenoxy) is 1. The van der Waals surface area contributed by atoms with Gasteiger partial charge < -0.3 is 10.1 Å². The monoisotopic (exact) mass is 298 g/mol. The predicted octanol–water partition coefficient (Wildman–Crippen LogP) is 1.66. The molecule has 8 heteroatoms. The average molecular weight is 298 g/mol. The van der Waals surface area contributed by atoms with Crippen LogP contribution in [-0.2, 0) is 0 Å². The van der Waals surface area contributed by atoms with E-state index in [1.807, 2.05) is 13.8 Å². The van der Waals surface area contributed by atoms with Gasteiger partial charge in [0.25, 0.3) is 5.69 Å². The van der Waals surface area contributed by atoms with E-state index in [9.17, 15) is 14.5 Å². The number of hydrazine groups is 1. The number of anilines is 1. The third kappa shape index (κ3) is 3.22. The Balaban J connectivity index is 2.20. The zero-order chi connectivity index (χ0) is 15.6. The molecular weight excluding hydrogens is 279 g/mol. The Morgan fingerprint density at radius 2 is 2.00 bits per heavy atom. The van der Waals surface area contributed by atoms with Crippen LogP contribution >= 0.6 is 0 Å². The normalized spacial score (nSPS) is 24.9. The Hall–Kier alpha value is -1.93. The summed E-state index contributed by atoms with van der Waals surface area (Å²) in [6.45, 7) is 4.59. The molecule has 0 spiro atoms. The van der Waals surface area contributed by atoms with Gasteiger partial charge in [-0.15, -0.1) is 0 Å². The molecule has 1 saturated heterocycles. The molecule has 2 unspecified atom stereocenters. The summed E-state index contributed by atoms with van der Waals surface area (Å²) in [7, 11) is 1.32. The lowest BCUT2D eigenvalue weighted by molar-refractivity contribution is -0.384. The SMILES string of the molecule is COc1cc(NCC2C(C)NNC2C)c([N+](=O)[O-])cc1F. The van der Waals surface area contributed by atoms with Crippen LogP contribution in [0.15, 0.2) is 12.1 Å². The molecule has 3 N–H and O–H groups in total. The van der Waals surface area contributed by atoms with E-state index in [-0.39, 0.29) is 35.1 Å². The zero-order valence-electron chi connectivity index (χ0n) is 12.1. The number of nitrogens with one attached hydrogen (secondary N) is 3. The van der Waals surface area contributed by atoms with Crippen molar-refractivity contribution in [3.63, 3.8) is 0 Å². The van der Waals surface area contributed by atoms with Gasteiger partial charge in [0.2, 0.25) is 0 Å². The van der Waals surface area contributed by atoms with Crippen molar-refractivity contribution in [1.82, 2.24) is 10.9 Å². The van der Waals surface area contributed by atoms with E-state index in [0.717, 1.165) is 6.07 Å². The quantitative estimate of drug-likeness (QED) is 0.566. The van der Waals surface area contributed by atoms with Gasteiger partial charge in [-0.05, 0) is 13.8 Å². The lowest BCUT2D eigenvalue weighted by atomic mass is 9.96. The van der Waals surface area contributed by atoms with Gasteiger partial charge >= 0.3 is 0 Å². The molecule has 116 valence electrons. The van der Waals surface area contributed by atoms with E-state index in [1.54, 1.807) is 0 Å². The molecule has 0 aliphatic carbocycles. The summed E-state index contributed by atoms with van der Waals surface area (Å²) >= 11 is 0.